The van der Waals surface area contributed by atoms with Crippen molar-refractivity contribution >= 4 is 40.7 Å². The van der Waals surface area contributed by atoms with Crippen LogP contribution < -0.4 is 26.2 Å². The Hall–Kier alpha value is -4.81. The molecular formula is C38H37Cl2N7O4. The van der Waals surface area contributed by atoms with E-state index in [-0.39, 0.29) is 29.3 Å². The number of carbonyl (C=O) groups is 2. The lowest BCUT2D eigenvalue weighted by atomic mass is 9.97. The number of nitrogens with one attached hydrogen (secondary N) is 3. The van der Waals surface area contributed by atoms with Gasteiger partial charge in [-0.15, -0.1) is 0 Å². The van der Waals surface area contributed by atoms with Gasteiger partial charge in [0.25, 0.3) is 5.56 Å². The first-order chi connectivity index (χ1) is 24.7. The topological polar surface area (TPSA) is 130 Å². The number of likely N-dealkylation sites (tertiary alicyclic amines) is 1. The Morgan fingerprint density at radius 2 is 1.71 bits per heavy atom. The van der Waals surface area contributed by atoms with Gasteiger partial charge >= 0.3 is 0 Å². The molecule has 0 unspecified atom stereocenters. The summed E-state index contributed by atoms with van der Waals surface area (Å²) in [6, 6.07) is 19.2. The molecular weight excluding hydrogens is 689 g/mol. The highest BCUT2D eigenvalue weighted by atomic mass is 35.5. The molecule has 11 nitrogen and oxygen atoms in total. The van der Waals surface area contributed by atoms with Crippen LogP contribution in [0, 0.1) is 5.92 Å². The Morgan fingerprint density at radius 3 is 2.41 bits per heavy atom. The lowest BCUT2D eigenvalue weighted by Gasteiger charge is -2.37. The number of methoxy groups -OCH3 is 1. The first kappa shape index (κ1) is 34.6. The van der Waals surface area contributed by atoms with Crippen LogP contribution in [0.5, 0.6) is 5.88 Å². The third-order valence-electron chi connectivity index (χ3n) is 9.55. The number of halogens is 2. The summed E-state index contributed by atoms with van der Waals surface area (Å²) in [6.07, 6.45) is 4.72. The Kier molecular flexibility index (Phi) is 10.1. The van der Waals surface area contributed by atoms with Crippen LogP contribution in [0.3, 0.4) is 0 Å². The van der Waals surface area contributed by atoms with Gasteiger partial charge in [0.15, 0.2) is 0 Å². The highest BCUT2D eigenvalue weighted by Gasteiger charge is 2.32. The average Bonchev–Trinajstić information content (AvgIpc) is 3.55. The summed E-state index contributed by atoms with van der Waals surface area (Å²) in [5.41, 5.74) is 6.27. The Labute approximate surface area is 305 Å². The number of carbonyl (C=O) groups excluding carboxylic acids is 2. The lowest BCUT2D eigenvalue weighted by Crippen LogP contribution is -2.52. The van der Waals surface area contributed by atoms with E-state index in [0.29, 0.717) is 72.0 Å². The predicted molar refractivity (Wildman–Crippen MR) is 198 cm³/mol. The standard InChI is InChI=1S/C38H37Cl2N7O4/c1-41-36(49)25-20-46(21-25)19-24-17-43-32-15-22(13-14-47(32)38(24)50)27-5-3-6-28(34(27)39)29-7-4-8-30(35(29)40)31-11-9-23(37(45-31)51-2)16-42-18-26-10-12-33(48)44-26/h3-9,11,13-15,17,25-26,42H,10,12,16,18-21H2,1-2H3,(H,41,49)(H,44,48)/t26-/m0/s1. The molecule has 51 heavy (non-hydrogen) atoms. The molecule has 5 heterocycles. The van der Waals surface area contributed by atoms with Crippen LogP contribution in [0.1, 0.15) is 24.0 Å². The van der Waals surface area contributed by atoms with Gasteiger partial charge < -0.3 is 20.7 Å². The van der Waals surface area contributed by atoms with E-state index in [1.165, 1.54) is 4.40 Å². The lowest BCUT2D eigenvalue weighted by molar-refractivity contribution is -0.130. The third kappa shape index (κ3) is 7.07. The van der Waals surface area contributed by atoms with Gasteiger partial charge in [-0.05, 0) is 30.2 Å². The second kappa shape index (κ2) is 14.8. The van der Waals surface area contributed by atoms with Crippen molar-refractivity contribution in [3.63, 3.8) is 0 Å². The molecule has 0 bridgehead atoms. The zero-order chi connectivity index (χ0) is 35.6. The SMILES string of the molecule is CNC(=O)C1CN(Cc2cnc3cc(-c4cccc(-c5cccc(-c6ccc(CNC[C@@H]7CCC(=O)N7)c(OC)n6)c5Cl)c4Cl)ccn3c2=O)C1. The molecule has 262 valence electrons. The summed E-state index contributed by atoms with van der Waals surface area (Å²) >= 11 is 14.2. The number of amides is 2. The molecule has 13 heteroatoms. The zero-order valence-corrected chi connectivity index (χ0v) is 29.7. The maximum atomic E-state index is 13.3. The molecule has 2 aromatic carbocycles. The van der Waals surface area contributed by atoms with Gasteiger partial charge in [-0.3, -0.25) is 23.7 Å². The molecule has 5 aromatic rings. The van der Waals surface area contributed by atoms with E-state index in [1.54, 1.807) is 26.6 Å². The van der Waals surface area contributed by atoms with E-state index in [4.69, 9.17) is 32.9 Å². The number of benzene rings is 2. The number of rotatable bonds is 11. The highest BCUT2D eigenvalue weighted by Crippen LogP contribution is 2.42. The maximum Gasteiger partial charge on any atom is 0.262 e. The van der Waals surface area contributed by atoms with Gasteiger partial charge in [-0.2, -0.15) is 0 Å². The molecule has 3 aromatic heterocycles. The summed E-state index contributed by atoms with van der Waals surface area (Å²) in [5.74, 6) is 0.551. The first-order valence-corrected chi connectivity index (χ1v) is 17.6. The summed E-state index contributed by atoms with van der Waals surface area (Å²) in [6.45, 7) is 2.87. The number of ether oxygens (including phenoxy) is 1. The average molecular weight is 727 g/mol. The van der Waals surface area contributed by atoms with Crippen LogP contribution in [-0.4, -0.2) is 70.9 Å². The zero-order valence-electron chi connectivity index (χ0n) is 28.2. The van der Waals surface area contributed by atoms with Gasteiger partial charge in [0, 0.05) is 92.4 Å². The second-order valence-corrected chi connectivity index (χ2v) is 13.6. The molecule has 2 fully saturated rings. The van der Waals surface area contributed by atoms with Gasteiger partial charge in [-0.1, -0.05) is 65.7 Å². The van der Waals surface area contributed by atoms with Crippen molar-refractivity contribution in [3.8, 4) is 39.4 Å². The molecule has 3 N–H and O–H groups in total. The van der Waals surface area contributed by atoms with Gasteiger partial charge in [0.1, 0.15) is 5.65 Å². The van der Waals surface area contributed by atoms with E-state index in [1.807, 2.05) is 60.7 Å². The van der Waals surface area contributed by atoms with E-state index < -0.39 is 0 Å². The summed E-state index contributed by atoms with van der Waals surface area (Å²) in [5, 5.41) is 10.0. The van der Waals surface area contributed by atoms with Crippen LogP contribution in [0.15, 0.2) is 77.9 Å². The monoisotopic (exact) mass is 725 g/mol. The number of hydrogen-bond donors (Lipinski definition) is 3. The van der Waals surface area contributed by atoms with Crippen molar-refractivity contribution in [2.24, 2.45) is 5.92 Å². The largest absolute Gasteiger partial charge is 0.481 e. The van der Waals surface area contributed by atoms with Gasteiger partial charge in [0.2, 0.25) is 17.7 Å². The van der Waals surface area contributed by atoms with Crippen molar-refractivity contribution in [1.82, 2.24) is 35.2 Å². The molecule has 1 atom stereocenters. The van der Waals surface area contributed by atoms with Crippen LogP contribution in [-0.2, 0) is 22.7 Å². The summed E-state index contributed by atoms with van der Waals surface area (Å²) < 4.78 is 7.18. The molecule has 2 aliphatic rings. The highest BCUT2D eigenvalue weighted by molar-refractivity contribution is 6.39. The first-order valence-electron chi connectivity index (χ1n) is 16.8. The fourth-order valence-corrected chi connectivity index (χ4v) is 7.40. The Bertz CT molecular complexity index is 2200. The van der Waals surface area contributed by atoms with Gasteiger partial charge in [0.05, 0.1) is 34.3 Å². The van der Waals surface area contributed by atoms with Gasteiger partial charge in [-0.25, -0.2) is 9.97 Å². The Balaban J connectivity index is 1.11. The Morgan fingerprint density at radius 1 is 0.980 bits per heavy atom. The van der Waals surface area contributed by atoms with E-state index in [9.17, 15) is 14.4 Å². The van der Waals surface area contributed by atoms with E-state index >= 15 is 0 Å². The van der Waals surface area contributed by atoms with Crippen molar-refractivity contribution in [2.75, 3.05) is 33.8 Å². The van der Waals surface area contributed by atoms with Crippen molar-refractivity contribution in [3.05, 3.63) is 105 Å². The minimum atomic E-state index is -0.146. The predicted octanol–water partition coefficient (Wildman–Crippen LogP) is 4.95. The van der Waals surface area contributed by atoms with E-state index in [2.05, 4.69) is 25.8 Å². The minimum Gasteiger partial charge on any atom is -0.481 e. The van der Waals surface area contributed by atoms with Crippen LogP contribution in [0.2, 0.25) is 10.0 Å². The molecule has 0 radical (unpaired) electrons. The molecule has 0 aliphatic carbocycles. The van der Waals surface area contributed by atoms with Crippen LogP contribution >= 0.6 is 23.2 Å². The van der Waals surface area contributed by atoms with E-state index in [0.717, 1.165) is 39.8 Å². The second-order valence-electron chi connectivity index (χ2n) is 12.9. The molecule has 0 saturated carbocycles. The molecule has 2 aliphatic heterocycles. The van der Waals surface area contributed by atoms with Crippen LogP contribution in [0.25, 0.3) is 39.2 Å². The fourth-order valence-electron chi connectivity index (χ4n) is 6.74. The molecule has 0 spiro atoms. The van der Waals surface area contributed by atoms with Crippen molar-refractivity contribution in [1.29, 1.82) is 0 Å². The number of hydrogen-bond acceptors (Lipinski definition) is 8. The number of fused-ring (bicyclic) bond motifs is 1. The fraction of sp³-hybridized carbons (Fsp3) is 0.289. The number of pyridine rings is 2. The smallest absolute Gasteiger partial charge is 0.262 e. The maximum absolute atomic E-state index is 13.3. The van der Waals surface area contributed by atoms with Crippen molar-refractivity contribution in [2.45, 2.75) is 32.0 Å². The normalized spacial score (nSPS) is 16.2. The third-order valence-corrected chi connectivity index (χ3v) is 10.4. The summed E-state index contributed by atoms with van der Waals surface area (Å²) in [7, 11) is 3.22. The number of aromatic nitrogens is 3. The summed E-state index contributed by atoms with van der Waals surface area (Å²) in [4.78, 5) is 48.1. The number of nitrogens with zero attached hydrogens (tertiary/aromatic N) is 4. The molecule has 2 amide bonds. The quantitative estimate of drug-likeness (QED) is 0.175. The minimum absolute atomic E-state index is 0.0194. The molecule has 2 saturated heterocycles. The van der Waals surface area contributed by atoms with Crippen LogP contribution in [0.4, 0.5) is 0 Å². The van der Waals surface area contributed by atoms with Crippen molar-refractivity contribution < 1.29 is 14.3 Å². The molecule has 7 rings (SSSR count).